The van der Waals surface area contributed by atoms with Crippen LogP contribution >= 0.6 is 11.6 Å². The highest BCUT2D eigenvalue weighted by atomic mass is 35.5. The summed E-state index contributed by atoms with van der Waals surface area (Å²) < 4.78 is 7.09. The standard InChI is InChI=1S/C15H13ClN6OS/c1-10-5-15(23)22-14(6-13(20-22)24(2)19-9-17)21(10)8-11-3-4-12(16)18-7-11/h3-7H,8H2,1-2H3. The molecular weight excluding hydrogens is 348 g/mol. The molecule has 0 amide bonds. The Morgan fingerprint density at radius 2 is 2.21 bits per heavy atom. The van der Waals surface area contributed by atoms with Crippen molar-refractivity contribution in [3.8, 4) is 6.19 Å². The van der Waals surface area contributed by atoms with Gasteiger partial charge in [0.15, 0.2) is 0 Å². The van der Waals surface area contributed by atoms with Crippen LogP contribution in [0.4, 0.5) is 0 Å². The Kier molecular flexibility index (Phi) is 4.46. The van der Waals surface area contributed by atoms with E-state index in [-0.39, 0.29) is 5.56 Å². The summed E-state index contributed by atoms with van der Waals surface area (Å²) in [5.41, 5.74) is 2.20. The summed E-state index contributed by atoms with van der Waals surface area (Å²) in [6, 6.07) is 6.93. The molecule has 0 aromatic carbocycles. The third kappa shape index (κ3) is 3.09. The van der Waals surface area contributed by atoms with Crippen molar-refractivity contribution in [1.29, 1.82) is 5.26 Å². The molecule has 3 heterocycles. The lowest BCUT2D eigenvalue weighted by molar-refractivity contribution is 0.731. The fraction of sp³-hybridized carbons (Fsp3) is 0.200. The first-order valence-electron chi connectivity index (χ1n) is 6.96. The number of hydrogen-bond donors (Lipinski definition) is 0. The van der Waals surface area contributed by atoms with E-state index < -0.39 is 10.7 Å². The average molecular weight is 361 g/mol. The predicted octanol–water partition coefficient (Wildman–Crippen LogP) is 2.17. The van der Waals surface area contributed by atoms with E-state index in [1.807, 2.05) is 17.6 Å². The summed E-state index contributed by atoms with van der Waals surface area (Å²) in [6.45, 7) is 2.39. The molecule has 3 rings (SSSR count). The zero-order chi connectivity index (χ0) is 17.3. The second-order valence-corrected chi connectivity index (χ2v) is 7.07. The maximum absolute atomic E-state index is 12.2. The zero-order valence-electron chi connectivity index (χ0n) is 13.0. The summed E-state index contributed by atoms with van der Waals surface area (Å²) in [5, 5.41) is 14.0. The van der Waals surface area contributed by atoms with Gasteiger partial charge >= 0.3 is 0 Å². The molecule has 0 saturated heterocycles. The number of hydrogen-bond acceptors (Lipinski definition) is 5. The van der Waals surface area contributed by atoms with E-state index in [2.05, 4.69) is 14.4 Å². The molecule has 0 fully saturated rings. The van der Waals surface area contributed by atoms with Crippen LogP contribution in [0.3, 0.4) is 0 Å². The number of aromatic nitrogens is 4. The van der Waals surface area contributed by atoms with E-state index in [1.54, 1.807) is 30.8 Å². The third-order valence-electron chi connectivity index (χ3n) is 3.52. The van der Waals surface area contributed by atoms with Gasteiger partial charge in [-0.3, -0.25) is 4.79 Å². The summed E-state index contributed by atoms with van der Waals surface area (Å²) in [6.07, 6.45) is 5.26. The minimum absolute atomic E-state index is 0.215. The maximum atomic E-state index is 12.2. The van der Waals surface area contributed by atoms with Crippen LogP contribution in [0.15, 0.2) is 44.6 Å². The Morgan fingerprint density at radius 1 is 1.42 bits per heavy atom. The van der Waals surface area contributed by atoms with Gasteiger partial charge < -0.3 is 4.57 Å². The van der Waals surface area contributed by atoms with Crippen LogP contribution in [-0.4, -0.2) is 25.4 Å². The fourth-order valence-corrected chi connectivity index (χ4v) is 3.15. The second-order valence-electron chi connectivity index (χ2n) is 5.12. The van der Waals surface area contributed by atoms with Crippen LogP contribution in [-0.2, 0) is 17.2 Å². The first-order chi connectivity index (χ1) is 11.5. The Bertz CT molecular complexity index is 1040. The second kappa shape index (κ2) is 6.55. The normalized spacial score (nSPS) is 12.4. The molecule has 9 heteroatoms. The summed E-state index contributed by atoms with van der Waals surface area (Å²) in [7, 11) is -0.689. The summed E-state index contributed by atoms with van der Waals surface area (Å²) in [5.74, 6) is 0. The van der Waals surface area contributed by atoms with Crippen molar-refractivity contribution in [3.05, 3.63) is 57.2 Å². The molecule has 1 atom stereocenters. The molecule has 24 heavy (non-hydrogen) atoms. The van der Waals surface area contributed by atoms with Crippen molar-refractivity contribution in [1.82, 2.24) is 19.2 Å². The number of rotatable bonds is 3. The van der Waals surface area contributed by atoms with Crippen molar-refractivity contribution in [2.75, 3.05) is 6.26 Å². The quantitative estimate of drug-likeness (QED) is 0.529. The number of nitriles is 1. The third-order valence-corrected chi connectivity index (χ3v) is 4.91. The van der Waals surface area contributed by atoms with Crippen molar-refractivity contribution < 1.29 is 0 Å². The predicted molar refractivity (Wildman–Crippen MR) is 92.1 cm³/mol. The number of pyridine rings is 1. The van der Waals surface area contributed by atoms with Crippen LogP contribution in [0.5, 0.6) is 0 Å². The molecule has 0 bridgehead atoms. The van der Waals surface area contributed by atoms with Gasteiger partial charge in [-0.2, -0.15) is 14.9 Å². The molecule has 0 radical (unpaired) electrons. The Morgan fingerprint density at radius 3 is 2.88 bits per heavy atom. The van der Waals surface area contributed by atoms with Crippen molar-refractivity contribution >= 4 is 27.9 Å². The van der Waals surface area contributed by atoms with Crippen molar-refractivity contribution in [3.63, 3.8) is 0 Å². The Balaban J connectivity index is 2.16. The molecule has 0 spiro atoms. The molecule has 3 aromatic heterocycles. The van der Waals surface area contributed by atoms with E-state index in [1.165, 1.54) is 10.6 Å². The molecule has 1 unspecified atom stereocenters. The monoisotopic (exact) mass is 360 g/mol. The molecule has 0 N–H and O–H groups in total. The summed E-state index contributed by atoms with van der Waals surface area (Å²) >= 11 is 5.82. The fourth-order valence-electron chi connectivity index (χ4n) is 2.34. The molecule has 0 aliphatic heterocycles. The molecule has 0 saturated carbocycles. The Hall–Kier alpha value is -2.50. The average Bonchev–Trinajstić information content (AvgIpc) is 2.99. The lowest BCUT2D eigenvalue weighted by Gasteiger charge is -2.12. The smallest absolute Gasteiger partial charge is 0.274 e. The number of nitrogens with zero attached hydrogens (tertiary/aromatic N) is 6. The van der Waals surface area contributed by atoms with Crippen LogP contribution in [0.25, 0.3) is 5.65 Å². The van der Waals surface area contributed by atoms with E-state index >= 15 is 0 Å². The maximum Gasteiger partial charge on any atom is 0.274 e. The Labute approximate surface area is 145 Å². The molecular formula is C15H13ClN6OS. The van der Waals surface area contributed by atoms with Gasteiger partial charge in [0.25, 0.3) is 5.56 Å². The highest BCUT2D eigenvalue weighted by Crippen LogP contribution is 2.14. The van der Waals surface area contributed by atoms with E-state index in [0.717, 1.165) is 11.3 Å². The molecule has 3 aromatic rings. The molecule has 0 aliphatic carbocycles. The van der Waals surface area contributed by atoms with Gasteiger partial charge in [-0.15, -0.1) is 4.36 Å². The van der Waals surface area contributed by atoms with Crippen LogP contribution < -0.4 is 5.56 Å². The van der Waals surface area contributed by atoms with E-state index in [0.29, 0.717) is 22.4 Å². The van der Waals surface area contributed by atoms with Gasteiger partial charge in [0.2, 0.25) is 6.19 Å². The first-order valence-corrected chi connectivity index (χ1v) is 8.93. The van der Waals surface area contributed by atoms with Crippen LogP contribution in [0.1, 0.15) is 11.3 Å². The lowest BCUT2D eigenvalue weighted by Crippen LogP contribution is -2.20. The molecule has 122 valence electrons. The van der Waals surface area contributed by atoms with E-state index in [4.69, 9.17) is 16.9 Å². The van der Waals surface area contributed by atoms with Crippen molar-refractivity contribution in [2.45, 2.75) is 18.5 Å². The van der Waals surface area contributed by atoms with Gasteiger partial charge in [0.05, 0.1) is 6.54 Å². The van der Waals surface area contributed by atoms with Gasteiger partial charge in [-0.25, -0.2) is 4.98 Å². The number of halogens is 1. The van der Waals surface area contributed by atoms with Gasteiger partial charge in [0.1, 0.15) is 15.8 Å². The minimum Gasteiger partial charge on any atom is -0.326 e. The van der Waals surface area contributed by atoms with Crippen molar-refractivity contribution in [2.24, 2.45) is 4.36 Å². The molecule has 7 nitrogen and oxygen atoms in total. The topological polar surface area (TPSA) is 88.3 Å². The summed E-state index contributed by atoms with van der Waals surface area (Å²) in [4.78, 5) is 16.3. The van der Waals surface area contributed by atoms with Crippen LogP contribution in [0, 0.1) is 18.4 Å². The lowest BCUT2D eigenvalue weighted by atomic mass is 10.2. The largest absolute Gasteiger partial charge is 0.326 e. The van der Waals surface area contributed by atoms with Crippen LogP contribution in [0.2, 0.25) is 5.15 Å². The first kappa shape index (κ1) is 16.4. The van der Waals surface area contributed by atoms with Gasteiger partial charge in [0, 0.05) is 24.0 Å². The van der Waals surface area contributed by atoms with Gasteiger partial charge in [-0.05, 0) is 35.5 Å². The van der Waals surface area contributed by atoms with E-state index in [9.17, 15) is 4.79 Å². The van der Waals surface area contributed by atoms with Gasteiger partial charge in [-0.1, -0.05) is 17.7 Å². The number of aryl methyl sites for hydroxylation is 1. The minimum atomic E-state index is -0.689. The zero-order valence-corrected chi connectivity index (χ0v) is 14.5. The molecule has 0 aliphatic rings. The number of fused-ring (bicyclic) bond motifs is 1. The highest BCUT2D eigenvalue weighted by Gasteiger charge is 2.12. The highest BCUT2D eigenvalue weighted by molar-refractivity contribution is 7.86. The SMILES string of the molecule is Cc1cc(=O)n2nc(S(C)=NC#N)cc2n1Cc1ccc(Cl)nc1.